The number of hydrogen-bond acceptors (Lipinski definition) is 3. The van der Waals surface area contributed by atoms with E-state index in [9.17, 15) is 4.79 Å². The van der Waals surface area contributed by atoms with Gasteiger partial charge in [0.15, 0.2) is 5.15 Å². The summed E-state index contributed by atoms with van der Waals surface area (Å²) in [5.74, 6) is -0.0935. The van der Waals surface area contributed by atoms with Crippen LogP contribution in [0.3, 0.4) is 0 Å². The maximum absolute atomic E-state index is 10.9. The number of nitrogens with zero attached hydrogens (tertiary/aromatic N) is 2. The lowest BCUT2D eigenvalue weighted by atomic mass is 10.1. The Morgan fingerprint density at radius 2 is 1.82 bits per heavy atom. The average molecular weight is 248 g/mol. The van der Waals surface area contributed by atoms with Crippen molar-refractivity contribution in [3.05, 3.63) is 41.6 Å². The molecule has 1 heterocycles. The number of nitrogens with one attached hydrogen (secondary N) is 1. The highest BCUT2D eigenvalue weighted by atomic mass is 35.5. The van der Waals surface area contributed by atoms with Crippen molar-refractivity contribution in [3.63, 3.8) is 0 Å². The van der Waals surface area contributed by atoms with Gasteiger partial charge in [-0.1, -0.05) is 23.7 Å². The van der Waals surface area contributed by atoms with Gasteiger partial charge in [-0.25, -0.2) is 0 Å². The Labute approximate surface area is 104 Å². The molecule has 1 aromatic heterocycles. The second kappa shape index (κ2) is 4.93. The van der Waals surface area contributed by atoms with Gasteiger partial charge in [0.2, 0.25) is 5.91 Å². The first-order chi connectivity index (χ1) is 8.15. The molecule has 0 aliphatic heterocycles. The summed E-state index contributed by atoms with van der Waals surface area (Å²) in [5.41, 5.74) is 2.41. The van der Waals surface area contributed by atoms with Crippen LogP contribution in [0.25, 0.3) is 11.3 Å². The molecule has 0 fully saturated rings. The zero-order chi connectivity index (χ0) is 12.3. The van der Waals surface area contributed by atoms with E-state index in [-0.39, 0.29) is 5.91 Å². The molecule has 0 saturated heterocycles. The summed E-state index contributed by atoms with van der Waals surface area (Å²) in [4.78, 5) is 10.9. The quantitative estimate of drug-likeness (QED) is 0.888. The van der Waals surface area contributed by atoms with E-state index in [4.69, 9.17) is 11.6 Å². The minimum atomic E-state index is -0.0935. The number of amides is 1. The van der Waals surface area contributed by atoms with E-state index in [1.165, 1.54) is 6.92 Å². The number of anilines is 1. The highest BCUT2D eigenvalue weighted by Gasteiger charge is 2.01. The van der Waals surface area contributed by atoms with Crippen LogP contribution in [0.5, 0.6) is 0 Å². The first-order valence-corrected chi connectivity index (χ1v) is 5.40. The molecule has 0 bridgehead atoms. The van der Waals surface area contributed by atoms with Crippen LogP contribution in [0.15, 0.2) is 36.4 Å². The third kappa shape index (κ3) is 3.01. The molecule has 0 spiro atoms. The SMILES string of the molecule is CC(=O)Nc1ccc(-c2ccc(Cl)nn2)cc1. The molecule has 0 radical (unpaired) electrons. The van der Waals surface area contributed by atoms with Crippen LogP contribution in [0, 0.1) is 0 Å². The van der Waals surface area contributed by atoms with E-state index in [0.29, 0.717) is 5.15 Å². The molecule has 0 atom stereocenters. The van der Waals surface area contributed by atoms with Crippen LogP contribution >= 0.6 is 11.6 Å². The summed E-state index contributed by atoms with van der Waals surface area (Å²) in [6.07, 6.45) is 0. The molecule has 2 rings (SSSR count). The molecule has 86 valence electrons. The summed E-state index contributed by atoms with van der Waals surface area (Å²) in [5, 5.41) is 10.8. The van der Waals surface area contributed by atoms with Crippen molar-refractivity contribution >= 4 is 23.2 Å². The number of carbonyl (C=O) groups is 1. The van der Waals surface area contributed by atoms with Gasteiger partial charge >= 0.3 is 0 Å². The van der Waals surface area contributed by atoms with Gasteiger partial charge in [-0.2, -0.15) is 0 Å². The van der Waals surface area contributed by atoms with E-state index in [1.807, 2.05) is 24.3 Å². The van der Waals surface area contributed by atoms with Gasteiger partial charge in [0.25, 0.3) is 0 Å². The molecule has 1 amide bonds. The summed E-state index contributed by atoms with van der Waals surface area (Å²) < 4.78 is 0. The number of carbonyl (C=O) groups excluding carboxylic acids is 1. The molecule has 1 aromatic carbocycles. The predicted molar refractivity (Wildman–Crippen MR) is 66.8 cm³/mol. The van der Waals surface area contributed by atoms with E-state index in [2.05, 4.69) is 15.5 Å². The lowest BCUT2D eigenvalue weighted by molar-refractivity contribution is -0.114. The maximum Gasteiger partial charge on any atom is 0.221 e. The van der Waals surface area contributed by atoms with Crippen LogP contribution in [-0.2, 0) is 4.79 Å². The molecular formula is C12H10ClN3O. The molecule has 17 heavy (non-hydrogen) atoms. The number of rotatable bonds is 2. The highest BCUT2D eigenvalue weighted by molar-refractivity contribution is 6.29. The lowest BCUT2D eigenvalue weighted by Crippen LogP contribution is -2.05. The smallest absolute Gasteiger partial charge is 0.221 e. The molecule has 0 unspecified atom stereocenters. The maximum atomic E-state index is 10.9. The minimum Gasteiger partial charge on any atom is -0.326 e. The normalized spacial score (nSPS) is 10.0. The van der Waals surface area contributed by atoms with Crippen LogP contribution < -0.4 is 5.32 Å². The fourth-order valence-corrected chi connectivity index (χ4v) is 1.50. The second-order valence-corrected chi connectivity index (χ2v) is 3.89. The van der Waals surface area contributed by atoms with Crippen molar-refractivity contribution in [1.29, 1.82) is 0 Å². The van der Waals surface area contributed by atoms with Gasteiger partial charge in [0.1, 0.15) is 0 Å². The van der Waals surface area contributed by atoms with Crippen LogP contribution in [0.2, 0.25) is 5.15 Å². The van der Waals surface area contributed by atoms with Gasteiger partial charge in [-0.3, -0.25) is 4.79 Å². The highest BCUT2D eigenvalue weighted by Crippen LogP contribution is 2.19. The molecule has 2 aromatic rings. The third-order valence-corrected chi connectivity index (χ3v) is 2.33. The Kier molecular flexibility index (Phi) is 3.35. The molecule has 0 aliphatic carbocycles. The molecule has 4 nitrogen and oxygen atoms in total. The number of aromatic nitrogens is 2. The average Bonchev–Trinajstić information content (AvgIpc) is 2.30. The van der Waals surface area contributed by atoms with E-state index in [1.54, 1.807) is 12.1 Å². The summed E-state index contributed by atoms with van der Waals surface area (Å²) in [6, 6.07) is 10.8. The minimum absolute atomic E-state index is 0.0935. The van der Waals surface area contributed by atoms with Crippen molar-refractivity contribution in [2.45, 2.75) is 6.92 Å². The first-order valence-electron chi connectivity index (χ1n) is 5.02. The monoisotopic (exact) mass is 247 g/mol. The molecule has 1 N–H and O–H groups in total. The Bertz CT molecular complexity index is 522. The molecule has 0 aliphatic rings. The number of hydrogen-bond donors (Lipinski definition) is 1. The van der Waals surface area contributed by atoms with Crippen LogP contribution in [-0.4, -0.2) is 16.1 Å². The fraction of sp³-hybridized carbons (Fsp3) is 0.0833. The largest absolute Gasteiger partial charge is 0.326 e. The third-order valence-electron chi connectivity index (χ3n) is 2.13. The van der Waals surface area contributed by atoms with E-state index >= 15 is 0 Å². The Morgan fingerprint density at radius 3 is 2.35 bits per heavy atom. The zero-order valence-corrected chi connectivity index (χ0v) is 9.90. The predicted octanol–water partition coefficient (Wildman–Crippen LogP) is 2.76. The standard InChI is InChI=1S/C12H10ClN3O/c1-8(17)14-10-4-2-9(3-5-10)11-6-7-12(13)16-15-11/h2-7H,1H3,(H,14,17). The lowest BCUT2D eigenvalue weighted by Gasteiger charge is -2.03. The number of halogens is 1. The second-order valence-electron chi connectivity index (χ2n) is 3.50. The summed E-state index contributed by atoms with van der Waals surface area (Å²) >= 11 is 5.66. The fourth-order valence-electron chi connectivity index (χ4n) is 1.40. The van der Waals surface area contributed by atoms with Crippen molar-refractivity contribution in [1.82, 2.24) is 10.2 Å². The topological polar surface area (TPSA) is 54.9 Å². The van der Waals surface area contributed by atoms with Crippen LogP contribution in [0.1, 0.15) is 6.92 Å². The van der Waals surface area contributed by atoms with Crippen molar-refractivity contribution < 1.29 is 4.79 Å². The molecule has 0 saturated carbocycles. The van der Waals surface area contributed by atoms with E-state index in [0.717, 1.165) is 16.9 Å². The van der Waals surface area contributed by atoms with Gasteiger partial charge in [-0.05, 0) is 24.3 Å². The van der Waals surface area contributed by atoms with Crippen molar-refractivity contribution in [3.8, 4) is 11.3 Å². The van der Waals surface area contributed by atoms with Crippen molar-refractivity contribution in [2.75, 3.05) is 5.32 Å². The Hall–Kier alpha value is -1.94. The number of benzene rings is 1. The zero-order valence-electron chi connectivity index (χ0n) is 9.14. The Balaban J connectivity index is 2.23. The first kappa shape index (κ1) is 11.5. The van der Waals surface area contributed by atoms with Crippen molar-refractivity contribution in [2.24, 2.45) is 0 Å². The van der Waals surface area contributed by atoms with E-state index < -0.39 is 0 Å². The molecule has 5 heteroatoms. The van der Waals surface area contributed by atoms with Gasteiger partial charge in [0, 0.05) is 18.2 Å². The summed E-state index contributed by atoms with van der Waals surface area (Å²) in [7, 11) is 0. The van der Waals surface area contributed by atoms with Gasteiger partial charge < -0.3 is 5.32 Å². The van der Waals surface area contributed by atoms with Crippen LogP contribution in [0.4, 0.5) is 5.69 Å². The van der Waals surface area contributed by atoms with Gasteiger partial charge in [0.05, 0.1) is 5.69 Å². The summed E-state index contributed by atoms with van der Waals surface area (Å²) in [6.45, 7) is 1.47. The van der Waals surface area contributed by atoms with Gasteiger partial charge in [-0.15, -0.1) is 10.2 Å². The molecular weight excluding hydrogens is 238 g/mol. The Morgan fingerprint density at radius 1 is 1.12 bits per heavy atom.